The van der Waals surface area contributed by atoms with Crippen LogP contribution in [0, 0.1) is 0 Å². The monoisotopic (exact) mass is 405 g/mol. The number of nitrogens with zero attached hydrogens (tertiary/aromatic N) is 1. The van der Waals surface area contributed by atoms with Crippen LogP contribution in [0.15, 0.2) is 23.2 Å². The maximum atomic E-state index is 5.81. The highest BCUT2D eigenvalue weighted by atomic mass is 127. The number of hydrogen-bond donors (Lipinski definition) is 2. The molecule has 21 heavy (non-hydrogen) atoms. The van der Waals surface area contributed by atoms with Gasteiger partial charge in [-0.15, -0.1) is 24.0 Å². The molecule has 6 heteroatoms. The van der Waals surface area contributed by atoms with E-state index in [2.05, 4.69) is 17.2 Å². The van der Waals surface area contributed by atoms with Gasteiger partial charge in [0.05, 0.1) is 19.8 Å². The number of ether oxygens (including phenoxy) is 2. The number of halogens is 1. The number of unbranched alkanes of at least 4 members (excludes halogenated alkanes) is 1. The Morgan fingerprint density at radius 2 is 2.05 bits per heavy atom. The van der Waals surface area contributed by atoms with Crippen LogP contribution < -0.4 is 20.5 Å². The van der Waals surface area contributed by atoms with Crippen molar-refractivity contribution < 1.29 is 9.47 Å². The summed E-state index contributed by atoms with van der Waals surface area (Å²) in [5, 5.41) is 3.10. The van der Waals surface area contributed by atoms with E-state index in [1.54, 1.807) is 0 Å². The lowest BCUT2D eigenvalue weighted by molar-refractivity contribution is 0.297. The number of fused-ring (bicyclic) bond motifs is 1. The average Bonchev–Trinajstić information content (AvgIpc) is 2.70. The fourth-order valence-corrected chi connectivity index (χ4v) is 1.93. The Morgan fingerprint density at radius 1 is 1.29 bits per heavy atom. The highest BCUT2D eigenvalue weighted by Crippen LogP contribution is 2.30. The summed E-state index contributed by atoms with van der Waals surface area (Å²) in [5.41, 5.74) is 6.87. The first-order valence-corrected chi connectivity index (χ1v) is 7.22. The summed E-state index contributed by atoms with van der Waals surface area (Å²) in [7, 11) is 0. The van der Waals surface area contributed by atoms with Crippen molar-refractivity contribution in [1.82, 2.24) is 5.32 Å². The molecule has 0 aromatic heterocycles. The van der Waals surface area contributed by atoms with Gasteiger partial charge in [-0.1, -0.05) is 19.4 Å². The third-order valence-corrected chi connectivity index (χ3v) is 3.08. The van der Waals surface area contributed by atoms with Gasteiger partial charge in [0, 0.05) is 13.0 Å². The molecule has 0 fully saturated rings. The zero-order chi connectivity index (χ0) is 14.2. The molecule has 1 heterocycles. The van der Waals surface area contributed by atoms with Crippen LogP contribution in [0.5, 0.6) is 11.5 Å². The molecule has 3 N–H and O–H groups in total. The van der Waals surface area contributed by atoms with E-state index in [1.807, 2.05) is 18.2 Å². The fourth-order valence-electron chi connectivity index (χ4n) is 1.93. The van der Waals surface area contributed by atoms with Crippen molar-refractivity contribution in [2.75, 3.05) is 19.8 Å². The van der Waals surface area contributed by atoms with E-state index in [1.165, 1.54) is 0 Å². The number of guanidine groups is 1. The summed E-state index contributed by atoms with van der Waals surface area (Å²) in [5.74, 6) is 2.10. The van der Waals surface area contributed by atoms with Gasteiger partial charge in [0.25, 0.3) is 0 Å². The third kappa shape index (κ3) is 5.99. The second-order valence-electron chi connectivity index (χ2n) is 4.81. The minimum Gasteiger partial charge on any atom is -0.490 e. The quantitative estimate of drug-likeness (QED) is 0.342. The van der Waals surface area contributed by atoms with Crippen LogP contribution in [0.1, 0.15) is 31.7 Å². The molecule has 0 saturated carbocycles. The van der Waals surface area contributed by atoms with Gasteiger partial charge in [0.1, 0.15) is 0 Å². The van der Waals surface area contributed by atoms with Crippen molar-refractivity contribution >= 4 is 29.9 Å². The number of rotatable bonds is 5. The molecule has 1 aliphatic heterocycles. The Bertz CT molecular complexity index is 466. The topological polar surface area (TPSA) is 68.9 Å². The molecule has 1 aromatic rings. The minimum atomic E-state index is 0. The maximum absolute atomic E-state index is 5.81. The number of nitrogens with two attached hydrogens (primary N) is 1. The van der Waals surface area contributed by atoms with Crippen molar-refractivity contribution in [3.05, 3.63) is 23.8 Å². The molecule has 0 unspecified atom stereocenters. The molecule has 2 rings (SSSR count). The first-order valence-electron chi connectivity index (χ1n) is 7.22. The van der Waals surface area contributed by atoms with Crippen LogP contribution in [-0.2, 0) is 6.54 Å². The van der Waals surface area contributed by atoms with E-state index in [9.17, 15) is 0 Å². The van der Waals surface area contributed by atoms with E-state index in [0.717, 1.165) is 42.9 Å². The minimum absolute atomic E-state index is 0. The van der Waals surface area contributed by atoms with Gasteiger partial charge >= 0.3 is 0 Å². The molecule has 0 radical (unpaired) electrons. The zero-order valence-electron chi connectivity index (χ0n) is 12.4. The summed E-state index contributed by atoms with van der Waals surface area (Å²) in [6.45, 7) is 4.96. The smallest absolute Gasteiger partial charge is 0.188 e. The average molecular weight is 405 g/mol. The molecule has 0 saturated heterocycles. The second-order valence-corrected chi connectivity index (χ2v) is 4.81. The van der Waals surface area contributed by atoms with Crippen molar-refractivity contribution in [1.29, 1.82) is 0 Å². The van der Waals surface area contributed by atoms with Crippen molar-refractivity contribution in [2.45, 2.75) is 32.7 Å². The first kappa shape index (κ1) is 17.9. The Balaban J connectivity index is 0.00000220. The summed E-state index contributed by atoms with van der Waals surface area (Å²) in [6.07, 6.45) is 3.15. The molecule has 5 nitrogen and oxygen atoms in total. The van der Waals surface area contributed by atoms with Crippen LogP contribution >= 0.6 is 24.0 Å². The van der Waals surface area contributed by atoms with E-state index < -0.39 is 0 Å². The lowest BCUT2D eigenvalue weighted by Crippen LogP contribution is -2.32. The lowest BCUT2D eigenvalue weighted by atomic mass is 10.2. The van der Waals surface area contributed by atoms with Crippen molar-refractivity contribution in [2.24, 2.45) is 10.7 Å². The highest BCUT2D eigenvalue weighted by molar-refractivity contribution is 14.0. The number of aliphatic imine (C=N–C) groups is 1. The van der Waals surface area contributed by atoms with Gasteiger partial charge in [-0.25, -0.2) is 4.99 Å². The Morgan fingerprint density at radius 3 is 2.81 bits per heavy atom. The summed E-state index contributed by atoms with van der Waals surface area (Å²) >= 11 is 0. The Hall–Kier alpha value is -1.18. The van der Waals surface area contributed by atoms with Gasteiger partial charge in [-0.3, -0.25) is 0 Å². The van der Waals surface area contributed by atoms with Gasteiger partial charge in [-0.2, -0.15) is 0 Å². The van der Waals surface area contributed by atoms with Crippen LogP contribution in [0.25, 0.3) is 0 Å². The molecule has 0 bridgehead atoms. The maximum Gasteiger partial charge on any atom is 0.188 e. The predicted octanol–water partition coefficient (Wildman–Crippen LogP) is 2.67. The molecule has 0 atom stereocenters. The molecule has 0 spiro atoms. The molecule has 118 valence electrons. The largest absolute Gasteiger partial charge is 0.490 e. The van der Waals surface area contributed by atoms with Crippen LogP contribution in [-0.4, -0.2) is 25.7 Å². The van der Waals surface area contributed by atoms with E-state index in [4.69, 9.17) is 15.2 Å². The fraction of sp³-hybridized carbons (Fsp3) is 0.533. The standard InChI is InChI=1S/C15H23N3O2.HI/c1-2-3-7-17-15(16)18-11-12-5-6-13-14(10-12)20-9-4-8-19-13;/h5-6,10H,2-4,7-9,11H2,1H3,(H3,16,17,18);1H. The SMILES string of the molecule is CCCCNC(N)=NCc1ccc2c(c1)OCCCO2.I. The van der Waals surface area contributed by atoms with Crippen LogP contribution in [0.3, 0.4) is 0 Å². The summed E-state index contributed by atoms with van der Waals surface area (Å²) in [4.78, 5) is 4.33. The van der Waals surface area contributed by atoms with Gasteiger partial charge in [-0.05, 0) is 24.1 Å². The summed E-state index contributed by atoms with van der Waals surface area (Å²) < 4.78 is 11.3. The Labute approximate surface area is 143 Å². The van der Waals surface area contributed by atoms with E-state index in [0.29, 0.717) is 25.7 Å². The van der Waals surface area contributed by atoms with Crippen LogP contribution in [0.4, 0.5) is 0 Å². The zero-order valence-corrected chi connectivity index (χ0v) is 14.8. The van der Waals surface area contributed by atoms with Crippen molar-refractivity contribution in [3.63, 3.8) is 0 Å². The highest BCUT2D eigenvalue weighted by Gasteiger charge is 2.10. The second kappa shape index (κ2) is 9.70. The Kier molecular flexibility index (Phi) is 8.26. The van der Waals surface area contributed by atoms with Gasteiger partial charge < -0.3 is 20.5 Å². The molecule has 0 aliphatic carbocycles. The van der Waals surface area contributed by atoms with Gasteiger partial charge in [0.15, 0.2) is 17.5 Å². The molecule has 0 amide bonds. The molecular weight excluding hydrogens is 381 g/mol. The number of nitrogens with one attached hydrogen (secondary N) is 1. The number of benzene rings is 1. The normalized spacial score (nSPS) is 14.0. The lowest BCUT2D eigenvalue weighted by Gasteiger charge is -2.09. The molecule has 1 aliphatic rings. The van der Waals surface area contributed by atoms with Crippen molar-refractivity contribution in [3.8, 4) is 11.5 Å². The molecular formula is C15H24IN3O2. The van der Waals surface area contributed by atoms with Gasteiger partial charge in [0.2, 0.25) is 0 Å². The predicted molar refractivity (Wildman–Crippen MR) is 95.7 cm³/mol. The van der Waals surface area contributed by atoms with E-state index >= 15 is 0 Å². The summed E-state index contributed by atoms with van der Waals surface area (Å²) in [6, 6.07) is 5.91. The van der Waals surface area contributed by atoms with Crippen LogP contribution in [0.2, 0.25) is 0 Å². The molecule has 1 aromatic carbocycles. The van der Waals surface area contributed by atoms with E-state index in [-0.39, 0.29) is 24.0 Å². The first-order chi connectivity index (χ1) is 9.79. The third-order valence-electron chi connectivity index (χ3n) is 3.08. The number of hydrogen-bond acceptors (Lipinski definition) is 3.